The van der Waals surface area contributed by atoms with Gasteiger partial charge in [-0.05, 0) is 74.2 Å². The van der Waals surface area contributed by atoms with E-state index in [1.807, 2.05) is 42.5 Å². The smallest absolute Gasteiger partial charge is 0.271 e. The van der Waals surface area contributed by atoms with Gasteiger partial charge in [-0.1, -0.05) is 18.2 Å². The number of carbonyl (C=O) groups excluding carboxylic acids is 2. The lowest BCUT2D eigenvalue weighted by Crippen LogP contribution is -2.43. The fourth-order valence-electron chi connectivity index (χ4n) is 4.15. The van der Waals surface area contributed by atoms with Crippen LogP contribution in [0.15, 0.2) is 59.2 Å². The molecule has 3 rings (SSSR count). The van der Waals surface area contributed by atoms with E-state index in [4.69, 9.17) is 9.47 Å². The van der Waals surface area contributed by atoms with Crippen LogP contribution in [0.25, 0.3) is 6.08 Å². The molecule has 1 aliphatic heterocycles. The number of nitrogens with zero attached hydrogens (tertiary/aromatic N) is 3. The molecule has 2 amide bonds. The number of methoxy groups -OCH3 is 2. The Morgan fingerprint density at radius 1 is 0.971 bits per heavy atom. The molecule has 0 N–H and O–H groups in total. The van der Waals surface area contributed by atoms with Gasteiger partial charge in [-0.3, -0.25) is 14.5 Å². The van der Waals surface area contributed by atoms with Crippen LogP contribution < -0.4 is 14.4 Å². The van der Waals surface area contributed by atoms with E-state index < -0.39 is 11.8 Å². The molecule has 35 heavy (non-hydrogen) atoms. The fraction of sp³-hybridized carbons (Fsp3) is 0.321. The van der Waals surface area contributed by atoms with Gasteiger partial charge in [0.15, 0.2) is 11.5 Å². The average Bonchev–Trinajstić information content (AvgIpc) is 2.88. The van der Waals surface area contributed by atoms with E-state index in [0.717, 1.165) is 34.8 Å². The maximum atomic E-state index is 13.4. The molecule has 0 fully saturated rings. The zero-order chi connectivity index (χ0) is 25.5. The molecule has 7 heteroatoms. The van der Waals surface area contributed by atoms with Crippen molar-refractivity contribution in [2.45, 2.75) is 27.2 Å². The zero-order valence-electron chi connectivity index (χ0n) is 20.9. The van der Waals surface area contributed by atoms with Crippen LogP contribution >= 0.6 is 0 Å². The highest BCUT2D eigenvalue weighted by molar-refractivity contribution is 6.19. The molecule has 182 valence electrons. The van der Waals surface area contributed by atoms with Gasteiger partial charge in [-0.25, -0.2) is 0 Å². The minimum absolute atomic E-state index is 0.0112. The minimum Gasteiger partial charge on any atom is -0.493 e. The molecule has 1 heterocycles. The average molecular weight is 474 g/mol. The van der Waals surface area contributed by atoms with Crippen molar-refractivity contribution in [3.63, 3.8) is 0 Å². The Hall–Kier alpha value is -4.05. The number of rotatable bonds is 9. The second kappa shape index (κ2) is 11.4. The Kier molecular flexibility index (Phi) is 8.32. The summed E-state index contributed by atoms with van der Waals surface area (Å²) in [6.07, 6.45) is 2.16. The Morgan fingerprint density at radius 3 is 2.20 bits per heavy atom. The number of hydrogen-bond acceptors (Lipinski definition) is 6. The summed E-state index contributed by atoms with van der Waals surface area (Å²) in [5.74, 6) is 0.205. The topological polar surface area (TPSA) is 82.9 Å². The number of imide groups is 1. The Morgan fingerprint density at radius 2 is 1.63 bits per heavy atom. The summed E-state index contributed by atoms with van der Waals surface area (Å²) in [6.45, 7) is 7.80. The molecular formula is C28H31N3O4. The van der Waals surface area contributed by atoms with Gasteiger partial charge in [0.25, 0.3) is 11.8 Å². The summed E-state index contributed by atoms with van der Waals surface area (Å²) in [6, 6.07) is 15.4. The van der Waals surface area contributed by atoms with Crippen LogP contribution in [0.2, 0.25) is 0 Å². The Bertz CT molecular complexity index is 1200. The predicted molar refractivity (Wildman–Crippen MR) is 136 cm³/mol. The molecule has 0 saturated heterocycles. The van der Waals surface area contributed by atoms with E-state index in [-0.39, 0.29) is 12.1 Å². The summed E-state index contributed by atoms with van der Waals surface area (Å²) >= 11 is 0. The molecule has 2 aromatic carbocycles. The van der Waals surface area contributed by atoms with Crippen LogP contribution in [0.4, 0.5) is 5.69 Å². The molecule has 0 bridgehead atoms. The quantitative estimate of drug-likeness (QED) is 0.397. The molecule has 1 aliphatic rings. The van der Waals surface area contributed by atoms with Crippen molar-refractivity contribution < 1.29 is 19.1 Å². The predicted octanol–water partition coefficient (Wildman–Crippen LogP) is 4.38. The van der Waals surface area contributed by atoms with Gasteiger partial charge in [0.2, 0.25) is 0 Å². The van der Waals surface area contributed by atoms with E-state index in [1.165, 1.54) is 0 Å². The zero-order valence-corrected chi connectivity index (χ0v) is 20.9. The molecule has 0 aliphatic carbocycles. The van der Waals surface area contributed by atoms with Crippen LogP contribution in [-0.4, -0.2) is 50.6 Å². The SMILES string of the molecule is CCN(CC)c1ccc(/C=C2/C(=O)N(CCc3ccc(OC)c(OC)c3)C(=O)C(C#N)=C2C)cc1. The number of nitriles is 1. The summed E-state index contributed by atoms with van der Waals surface area (Å²) in [5.41, 5.74) is 3.55. The monoisotopic (exact) mass is 473 g/mol. The van der Waals surface area contributed by atoms with Crippen molar-refractivity contribution in [2.24, 2.45) is 0 Å². The Labute approximate surface area is 206 Å². The van der Waals surface area contributed by atoms with Gasteiger partial charge < -0.3 is 14.4 Å². The summed E-state index contributed by atoms with van der Waals surface area (Å²) < 4.78 is 10.6. The summed E-state index contributed by atoms with van der Waals surface area (Å²) in [7, 11) is 3.11. The third kappa shape index (κ3) is 5.38. The van der Waals surface area contributed by atoms with E-state index in [1.54, 1.807) is 33.3 Å². The third-order valence-electron chi connectivity index (χ3n) is 6.23. The van der Waals surface area contributed by atoms with E-state index >= 15 is 0 Å². The van der Waals surface area contributed by atoms with Gasteiger partial charge in [0.1, 0.15) is 11.6 Å². The van der Waals surface area contributed by atoms with Crippen molar-refractivity contribution in [3.05, 3.63) is 70.3 Å². The lowest BCUT2D eigenvalue weighted by molar-refractivity contribution is -0.140. The summed E-state index contributed by atoms with van der Waals surface area (Å²) in [4.78, 5) is 29.7. The van der Waals surface area contributed by atoms with E-state index in [2.05, 4.69) is 18.7 Å². The van der Waals surface area contributed by atoms with Gasteiger partial charge in [-0.2, -0.15) is 5.26 Å². The first-order chi connectivity index (χ1) is 16.9. The maximum absolute atomic E-state index is 13.4. The first-order valence-corrected chi connectivity index (χ1v) is 11.6. The van der Waals surface area contributed by atoms with Crippen LogP contribution in [-0.2, 0) is 16.0 Å². The van der Waals surface area contributed by atoms with Crippen LogP contribution in [0.1, 0.15) is 31.9 Å². The first-order valence-electron chi connectivity index (χ1n) is 11.6. The number of benzene rings is 2. The van der Waals surface area contributed by atoms with E-state index in [0.29, 0.717) is 29.1 Å². The molecule has 2 aromatic rings. The van der Waals surface area contributed by atoms with Crippen molar-refractivity contribution in [1.82, 2.24) is 4.90 Å². The van der Waals surface area contributed by atoms with Crippen molar-refractivity contribution in [2.75, 3.05) is 38.8 Å². The molecule has 0 unspecified atom stereocenters. The molecule has 0 saturated carbocycles. The summed E-state index contributed by atoms with van der Waals surface area (Å²) in [5, 5.41) is 9.65. The van der Waals surface area contributed by atoms with Crippen LogP contribution in [0, 0.1) is 11.3 Å². The Balaban J connectivity index is 1.89. The number of hydrogen-bond donors (Lipinski definition) is 0. The van der Waals surface area contributed by atoms with Crippen molar-refractivity contribution in [3.8, 4) is 17.6 Å². The van der Waals surface area contributed by atoms with Gasteiger partial charge in [-0.15, -0.1) is 0 Å². The maximum Gasteiger partial charge on any atom is 0.271 e. The number of carbonyl (C=O) groups is 2. The second-order valence-electron chi connectivity index (χ2n) is 8.13. The van der Waals surface area contributed by atoms with Crippen molar-refractivity contribution in [1.29, 1.82) is 5.26 Å². The molecular weight excluding hydrogens is 442 g/mol. The highest BCUT2D eigenvalue weighted by Crippen LogP contribution is 2.30. The van der Waals surface area contributed by atoms with Crippen molar-refractivity contribution >= 4 is 23.6 Å². The fourth-order valence-corrected chi connectivity index (χ4v) is 4.15. The molecule has 7 nitrogen and oxygen atoms in total. The highest BCUT2D eigenvalue weighted by atomic mass is 16.5. The molecule has 0 atom stereocenters. The number of anilines is 1. The van der Waals surface area contributed by atoms with Crippen LogP contribution in [0.5, 0.6) is 11.5 Å². The van der Waals surface area contributed by atoms with E-state index in [9.17, 15) is 14.9 Å². The number of amides is 2. The van der Waals surface area contributed by atoms with Gasteiger partial charge >= 0.3 is 0 Å². The third-order valence-corrected chi connectivity index (χ3v) is 6.23. The number of ether oxygens (including phenoxy) is 2. The van der Waals surface area contributed by atoms with Gasteiger partial charge in [0, 0.05) is 30.9 Å². The lowest BCUT2D eigenvalue weighted by atomic mass is 9.93. The molecule has 0 aromatic heterocycles. The molecule has 0 radical (unpaired) electrons. The first kappa shape index (κ1) is 25.6. The largest absolute Gasteiger partial charge is 0.493 e. The van der Waals surface area contributed by atoms with Crippen LogP contribution in [0.3, 0.4) is 0 Å². The normalized spacial score (nSPS) is 14.9. The minimum atomic E-state index is -0.565. The standard InChI is InChI=1S/C28H31N3O4/c1-6-30(7-2)22-11-8-20(9-12-22)16-23-19(3)24(18-29)28(33)31(27(23)32)15-14-21-10-13-25(34-4)26(17-21)35-5/h8-13,16-17H,6-7,14-15H2,1-5H3/b23-16+. The second-order valence-corrected chi connectivity index (χ2v) is 8.13. The van der Waals surface area contributed by atoms with Gasteiger partial charge in [0.05, 0.1) is 14.2 Å². The molecule has 0 spiro atoms. The lowest BCUT2D eigenvalue weighted by Gasteiger charge is -2.27. The highest BCUT2D eigenvalue weighted by Gasteiger charge is 2.35.